The average molecular weight is 421 g/mol. The van der Waals surface area contributed by atoms with E-state index < -0.39 is 0 Å². The molecule has 0 aliphatic rings. The van der Waals surface area contributed by atoms with Crippen molar-refractivity contribution < 1.29 is 0 Å². The van der Waals surface area contributed by atoms with Crippen molar-refractivity contribution in [3.63, 3.8) is 0 Å². The molecule has 2 heterocycles. The molecule has 0 saturated heterocycles. The third-order valence-electron chi connectivity index (χ3n) is 5.75. The van der Waals surface area contributed by atoms with Crippen LogP contribution in [-0.2, 0) is 0 Å². The van der Waals surface area contributed by atoms with Gasteiger partial charge in [0.15, 0.2) is 4.77 Å². The van der Waals surface area contributed by atoms with Gasteiger partial charge in [0.05, 0.1) is 22.4 Å². The highest BCUT2D eigenvalue weighted by atomic mass is 32.1. The summed E-state index contributed by atoms with van der Waals surface area (Å²) in [6.45, 7) is 17.5. The van der Waals surface area contributed by atoms with E-state index in [1.807, 2.05) is 11.3 Å². The van der Waals surface area contributed by atoms with E-state index in [0.29, 0.717) is 0 Å². The molecule has 0 spiro atoms. The maximum Gasteiger partial charge on any atom is 0.190 e. The molecule has 4 rings (SSSR count). The highest BCUT2D eigenvalue weighted by Gasteiger charge is 2.23. The van der Waals surface area contributed by atoms with Crippen molar-refractivity contribution in [2.24, 2.45) is 0 Å². The molecule has 0 unspecified atom stereocenters. The van der Waals surface area contributed by atoms with Gasteiger partial charge in [-0.15, -0.1) is 11.3 Å². The zero-order chi connectivity index (χ0) is 21.2. The Morgan fingerprint density at radius 2 is 0.897 bits per heavy atom. The van der Waals surface area contributed by atoms with Crippen LogP contribution in [0.5, 0.6) is 0 Å². The fourth-order valence-corrected chi connectivity index (χ4v) is 6.34. The Morgan fingerprint density at radius 3 is 1.21 bits per heavy atom. The first-order valence-electron chi connectivity index (χ1n) is 10.0. The first kappa shape index (κ1) is 20.1. The van der Waals surface area contributed by atoms with Crippen LogP contribution in [0.25, 0.3) is 22.4 Å². The van der Waals surface area contributed by atoms with E-state index in [4.69, 9.17) is 12.2 Å². The standard InChI is InChI=1S/C25H28N2S2/c1-13-9-15(3)21(16(4)10-13)26-23-19(7)29-20(8)24(23)27(25(26)28)22-17(5)11-14(2)12-18(22)6/h9-12H,1-8H3. The summed E-state index contributed by atoms with van der Waals surface area (Å²) in [5.41, 5.74) is 12.5. The topological polar surface area (TPSA) is 9.86 Å². The lowest BCUT2D eigenvalue weighted by molar-refractivity contribution is 0.947. The Hall–Kier alpha value is -2.17. The third-order valence-corrected chi connectivity index (χ3v) is 7.11. The average Bonchev–Trinajstić information content (AvgIpc) is 3.02. The van der Waals surface area contributed by atoms with Crippen LogP contribution in [0.3, 0.4) is 0 Å². The van der Waals surface area contributed by atoms with E-state index >= 15 is 0 Å². The number of benzene rings is 2. The Balaban J connectivity index is 2.23. The number of nitrogens with zero attached hydrogens (tertiary/aromatic N) is 2. The zero-order valence-corrected chi connectivity index (χ0v) is 20.2. The Kier molecular flexibility index (Phi) is 4.83. The molecule has 0 N–H and O–H groups in total. The molecule has 0 saturated carbocycles. The van der Waals surface area contributed by atoms with Crippen molar-refractivity contribution in [2.45, 2.75) is 55.4 Å². The molecule has 0 bridgehead atoms. The lowest BCUT2D eigenvalue weighted by Gasteiger charge is -2.15. The minimum absolute atomic E-state index is 0.846. The molecule has 0 fully saturated rings. The second-order valence-corrected chi connectivity index (χ2v) is 10.2. The van der Waals surface area contributed by atoms with Crippen LogP contribution in [0.15, 0.2) is 24.3 Å². The van der Waals surface area contributed by atoms with Gasteiger partial charge in [-0.25, -0.2) is 0 Å². The van der Waals surface area contributed by atoms with Gasteiger partial charge in [-0.2, -0.15) is 0 Å². The van der Waals surface area contributed by atoms with E-state index in [1.54, 1.807) is 0 Å². The second kappa shape index (κ2) is 6.96. The quantitative estimate of drug-likeness (QED) is 0.302. The van der Waals surface area contributed by atoms with E-state index in [0.717, 1.165) is 4.77 Å². The molecule has 2 nitrogen and oxygen atoms in total. The van der Waals surface area contributed by atoms with Crippen molar-refractivity contribution in [1.82, 2.24) is 9.13 Å². The Labute approximate surface area is 182 Å². The van der Waals surface area contributed by atoms with E-state index in [-0.39, 0.29) is 0 Å². The van der Waals surface area contributed by atoms with Gasteiger partial charge < -0.3 is 0 Å². The fraction of sp³-hybridized carbons (Fsp3) is 0.320. The lowest BCUT2D eigenvalue weighted by Crippen LogP contribution is -2.05. The first-order chi connectivity index (χ1) is 13.6. The van der Waals surface area contributed by atoms with Gasteiger partial charge in [-0.05, 0) is 89.9 Å². The monoisotopic (exact) mass is 420 g/mol. The molecular weight excluding hydrogens is 392 g/mol. The van der Waals surface area contributed by atoms with Gasteiger partial charge in [0.25, 0.3) is 0 Å². The second-order valence-electron chi connectivity index (χ2n) is 8.36. The molecule has 0 radical (unpaired) electrons. The van der Waals surface area contributed by atoms with Crippen molar-refractivity contribution in [3.8, 4) is 11.4 Å². The molecule has 150 valence electrons. The predicted molar refractivity (Wildman–Crippen MR) is 129 cm³/mol. The van der Waals surface area contributed by atoms with Crippen molar-refractivity contribution >= 4 is 34.6 Å². The zero-order valence-electron chi connectivity index (χ0n) is 18.5. The number of fused-ring (bicyclic) bond motifs is 1. The van der Waals surface area contributed by atoms with Gasteiger partial charge in [0, 0.05) is 9.75 Å². The summed E-state index contributed by atoms with van der Waals surface area (Å²) in [7, 11) is 0. The number of rotatable bonds is 2. The number of aryl methyl sites for hydroxylation is 8. The minimum Gasteiger partial charge on any atom is -0.283 e. The molecule has 0 amide bonds. The van der Waals surface area contributed by atoms with Crippen LogP contribution < -0.4 is 0 Å². The largest absolute Gasteiger partial charge is 0.283 e. The van der Waals surface area contributed by atoms with E-state index in [1.165, 1.54) is 65.5 Å². The van der Waals surface area contributed by atoms with Crippen LogP contribution in [-0.4, -0.2) is 9.13 Å². The Bertz CT molecular complexity index is 1200. The van der Waals surface area contributed by atoms with E-state index in [2.05, 4.69) is 88.8 Å². The molecule has 4 heteroatoms. The van der Waals surface area contributed by atoms with E-state index in [9.17, 15) is 0 Å². The Morgan fingerprint density at radius 1 is 0.586 bits per heavy atom. The summed E-state index contributed by atoms with van der Waals surface area (Å²) in [5, 5.41) is 0. The first-order valence-corrected chi connectivity index (χ1v) is 11.2. The van der Waals surface area contributed by atoms with Gasteiger partial charge in [0.2, 0.25) is 0 Å². The van der Waals surface area contributed by atoms with Crippen molar-refractivity contribution in [1.29, 1.82) is 0 Å². The fourth-order valence-electron chi connectivity index (χ4n) is 4.94. The van der Waals surface area contributed by atoms with Crippen LogP contribution in [0.2, 0.25) is 0 Å². The summed E-state index contributed by atoms with van der Waals surface area (Å²) in [5.74, 6) is 0. The molecular formula is C25H28N2S2. The summed E-state index contributed by atoms with van der Waals surface area (Å²) in [6, 6.07) is 9.02. The number of hydrogen-bond donors (Lipinski definition) is 0. The summed E-state index contributed by atoms with van der Waals surface area (Å²) < 4.78 is 5.47. The van der Waals surface area contributed by atoms with Gasteiger partial charge in [-0.1, -0.05) is 35.4 Å². The molecule has 29 heavy (non-hydrogen) atoms. The van der Waals surface area contributed by atoms with Crippen LogP contribution in [0.4, 0.5) is 0 Å². The number of imidazole rings is 1. The molecule has 4 aromatic rings. The van der Waals surface area contributed by atoms with Crippen LogP contribution in [0.1, 0.15) is 43.1 Å². The van der Waals surface area contributed by atoms with Crippen molar-refractivity contribution in [3.05, 3.63) is 72.2 Å². The normalized spacial score (nSPS) is 11.6. The predicted octanol–water partition coefficient (Wildman–Crippen LogP) is 7.68. The van der Waals surface area contributed by atoms with Gasteiger partial charge >= 0.3 is 0 Å². The van der Waals surface area contributed by atoms with Crippen molar-refractivity contribution in [2.75, 3.05) is 0 Å². The molecule has 0 atom stereocenters. The van der Waals surface area contributed by atoms with Gasteiger partial charge in [0.1, 0.15) is 0 Å². The minimum atomic E-state index is 0.846. The maximum atomic E-state index is 6.16. The summed E-state index contributed by atoms with van der Waals surface area (Å²) in [6.07, 6.45) is 0. The SMILES string of the molecule is Cc1cc(C)c(-n2c(=S)n(-c3c(C)cc(C)cc3C)c3c(C)sc(C)c32)c(C)c1. The lowest BCUT2D eigenvalue weighted by atomic mass is 10.0. The summed E-state index contributed by atoms with van der Waals surface area (Å²) in [4.78, 5) is 2.62. The number of aromatic nitrogens is 2. The maximum absolute atomic E-state index is 6.16. The molecule has 0 aliphatic carbocycles. The third kappa shape index (κ3) is 3.01. The number of hydrogen-bond acceptors (Lipinski definition) is 2. The molecule has 2 aromatic carbocycles. The molecule has 0 aliphatic heterocycles. The van der Waals surface area contributed by atoms with Crippen LogP contribution in [0, 0.1) is 60.2 Å². The van der Waals surface area contributed by atoms with Crippen LogP contribution >= 0.6 is 23.6 Å². The molecule has 2 aromatic heterocycles. The summed E-state index contributed by atoms with van der Waals surface area (Å²) >= 11 is 8.02. The smallest absolute Gasteiger partial charge is 0.190 e. The highest BCUT2D eigenvalue weighted by Crippen LogP contribution is 2.38. The highest BCUT2D eigenvalue weighted by molar-refractivity contribution is 7.71. The number of thiophene rings is 1. The van der Waals surface area contributed by atoms with Gasteiger partial charge in [-0.3, -0.25) is 9.13 Å².